The van der Waals surface area contributed by atoms with Gasteiger partial charge in [-0.3, -0.25) is 9.59 Å². The Morgan fingerprint density at radius 3 is 2.41 bits per heavy atom. The highest BCUT2D eigenvalue weighted by atomic mass is 35.5. The molecule has 3 rings (SSSR count). The minimum Gasteiger partial charge on any atom is -0.507 e. The molecule has 0 saturated carbocycles. The van der Waals surface area contributed by atoms with E-state index in [0.717, 1.165) is 11.3 Å². The predicted molar refractivity (Wildman–Crippen MR) is 124 cm³/mol. The van der Waals surface area contributed by atoms with Gasteiger partial charge < -0.3 is 24.4 Å². The molecule has 1 aliphatic rings. The highest BCUT2D eigenvalue weighted by molar-refractivity contribution is 6.46. The van der Waals surface area contributed by atoms with Gasteiger partial charge in [0.1, 0.15) is 11.5 Å². The molecule has 7 nitrogen and oxygen atoms in total. The van der Waals surface area contributed by atoms with Crippen LogP contribution in [0.15, 0.2) is 48.0 Å². The van der Waals surface area contributed by atoms with Crippen LogP contribution in [0.3, 0.4) is 0 Å². The number of hydrogen-bond acceptors (Lipinski definition) is 6. The number of rotatable bonds is 8. The number of benzene rings is 2. The zero-order chi connectivity index (χ0) is 23.4. The lowest BCUT2D eigenvalue weighted by Gasteiger charge is -2.26. The highest BCUT2D eigenvalue weighted by Gasteiger charge is 2.46. The van der Waals surface area contributed by atoms with Gasteiger partial charge in [0.05, 0.1) is 24.3 Å². The van der Waals surface area contributed by atoms with E-state index in [1.54, 1.807) is 19.2 Å². The molecule has 1 fully saturated rings. The van der Waals surface area contributed by atoms with Crippen LogP contribution in [-0.2, 0) is 14.3 Å². The van der Waals surface area contributed by atoms with Crippen LogP contribution in [0.5, 0.6) is 5.75 Å². The Morgan fingerprint density at radius 2 is 1.81 bits per heavy atom. The third-order valence-corrected chi connectivity index (χ3v) is 5.66. The van der Waals surface area contributed by atoms with Gasteiger partial charge in [-0.1, -0.05) is 23.7 Å². The molecule has 1 unspecified atom stereocenters. The molecule has 1 atom stereocenters. The Labute approximate surface area is 192 Å². The van der Waals surface area contributed by atoms with Gasteiger partial charge >= 0.3 is 0 Å². The van der Waals surface area contributed by atoms with Gasteiger partial charge in [0.25, 0.3) is 11.7 Å². The smallest absolute Gasteiger partial charge is 0.295 e. The molecule has 0 spiro atoms. The van der Waals surface area contributed by atoms with Gasteiger partial charge in [0.15, 0.2) is 0 Å². The van der Waals surface area contributed by atoms with E-state index in [4.69, 9.17) is 21.1 Å². The topological polar surface area (TPSA) is 79.3 Å². The first-order chi connectivity index (χ1) is 15.3. The molecule has 1 saturated heterocycles. The predicted octanol–water partition coefficient (Wildman–Crippen LogP) is 3.87. The average Bonchev–Trinajstić information content (AvgIpc) is 3.03. The zero-order valence-electron chi connectivity index (χ0n) is 18.6. The zero-order valence-corrected chi connectivity index (χ0v) is 19.3. The molecule has 1 N–H and O–H groups in total. The van der Waals surface area contributed by atoms with Crippen LogP contribution in [0.25, 0.3) is 5.76 Å². The number of halogens is 1. The fourth-order valence-corrected chi connectivity index (χ4v) is 3.97. The van der Waals surface area contributed by atoms with Gasteiger partial charge in [-0.15, -0.1) is 0 Å². The van der Waals surface area contributed by atoms with E-state index >= 15 is 0 Å². The van der Waals surface area contributed by atoms with Crippen molar-refractivity contribution in [1.82, 2.24) is 4.90 Å². The van der Waals surface area contributed by atoms with E-state index in [2.05, 4.69) is 0 Å². The third-order valence-electron chi connectivity index (χ3n) is 5.43. The summed E-state index contributed by atoms with van der Waals surface area (Å²) in [4.78, 5) is 29.5. The number of ether oxygens (including phenoxy) is 2. The Morgan fingerprint density at radius 1 is 1.12 bits per heavy atom. The van der Waals surface area contributed by atoms with Crippen molar-refractivity contribution in [2.24, 2.45) is 0 Å². The minimum atomic E-state index is -0.747. The van der Waals surface area contributed by atoms with Crippen molar-refractivity contribution in [1.29, 1.82) is 0 Å². The molecule has 0 aromatic heterocycles. The van der Waals surface area contributed by atoms with Crippen LogP contribution in [-0.4, -0.2) is 63.2 Å². The second kappa shape index (κ2) is 10.1. The number of carbonyl (C=O) groups excluding carboxylic acids is 2. The van der Waals surface area contributed by atoms with E-state index < -0.39 is 17.7 Å². The first-order valence-electron chi connectivity index (χ1n) is 10.2. The summed E-state index contributed by atoms with van der Waals surface area (Å²) in [6, 6.07) is 11.5. The standard InChI is InChI=1S/C24H27ClN2O5/c1-26(2)17-9-6-15(7-10-17)21-20(23(29)24(30)27(21)12-5-13-31-3)22(28)18-14-16(25)8-11-19(18)32-4/h6-11,14,21,28H,5,12-13H2,1-4H3/b22-20+. The summed E-state index contributed by atoms with van der Waals surface area (Å²) in [7, 11) is 6.90. The Kier molecular flexibility index (Phi) is 7.43. The van der Waals surface area contributed by atoms with Crippen molar-refractivity contribution in [3.05, 3.63) is 64.2 Å². The van der Waals surface area contributed by atoms with Gasteiger partial charge in [-0.25, -0.2) is 0 Å². The molecule has 2 aromatic rings. The number of ketones is 1. The summed E-state index contributed by atoms with van der Waals surface area (Å²) < 4.78 is 10.5. The summed E-state index contributed by atoms with van der Waals surface area (Å²) in [6.07, 6.45) is 0.552. The molecule has 0 bridgehead atoms. The lowest BCUT2D eigenvalue weighted by Crippen LogP contribution is -2.31. The van der Waals surface area contributed by atoms with Crippen molar-refractivity contribution >= 4 is 34.7 Å². The molecule has 1 heterocycles. The first kappa shape index (κ1) is 23.6. The van der Waals surface area contributed by atoms with Crippen LogP contribution in [0.1, 0.15) is 23.6 Å². The van der Waals surface area contributed by atoms with Crippen LogP contribution in [0.2, 0.25) is 5.02 Å². The number of hydrogen-bond donors (Lipinski definition) is 1. The number of methoxy groups -OCH3 is 2. The van der Waals surface area contributed by atoms with Crippen molar-refractivity contribution in [2.45, 2.75) is 12.5 Å². The average molecular weight is 459 g/mol. The summed E-state index contributed by atoms with van der Waals surface area (Å²) in [5.74, 6) is -1.38. The third kappa shape index (κ3) is 4.59. The van der Waals surface area contributed by atoms with E-state index in [1.807, 2.05) is 43.3 Å². The number of nitrogens with zero attached hydrogens (tertiary/aromatic N) is 2. The maximum atomic E-state index is 13.1. The number of aliphatic hydroxyl groups is 1. The SMILES string of the molecule is COCCCN1C(=O)C(=O)/C(=C(/O)c2cc(Cl)ccc2OC)C1c1ccc(N(C)C)cc1. The number of likely N-dealkylation sites (tertiary alicyclic amines) is 1. The molecule has 2 aromatic carbocycles. The van der Waals surface area contributed by atoms with Crippen LogP contribution in [0.4, 0.5) is 5.69 Å². The van der Waals surface area contributed by atoms with Crippen molar-refractivity contribution in [3.8, 4) is 5.75 Å². The van der Waals surface area contributed by atoms with Gasteiger partial charge in [-0.05, 0) is 42.3 Å². The molecule has 1 aliphatic heterocycles. The lowest BCUT2D eigenvalue weighted by molar-refractivity contribution is -0.140. The van der Waals surface area contributed by atoms with Gasteiger partial charge in [0, 0.05) is 45.1 Å². The van der Waals surface area contributed by atoms with E-state index in [1.165, 1.54) is 18.1 Å². The number of Topliss-reactive ketones (excluding diaryl/α,β-unsaturated/α-hetero) is 1. The summed E-state index contributed by atoms with van der Waals surface area (Å²) >= 11 is 6.13. The number of aliphatic hydroxyl groups excluding tert-OH is 1. The quantitative estimate of drug-likeness (QED) is 0.280. The van der Waals surface area contributed by atoms with Crippen molar-refractivity contribution in [2.75, 3.05) is 46.4 Å². The van der Waals surface area contributed by atoms with Gasteiger partial charge in [-0.2, -0.15) is 0 Å². The number of amides is 1. The van der Waals surface area contributed by atoms with Crippen molar-refractivity contribution in [3.63, 3.8) is 0 Å². The van der Waals surface area contributed by atoms with E-state index in [-0.39, 0.29) is 16.9 Å². The first-order valence-corrected chi connectivity index (χ1v) is 10.6. The largest absolute Gasteiger partial charge is 0.507 e. The molecular formula is C24H27ClN2O5. The Hall–Kier alpha value is -3.03. The second-order valence-electron chi connectivity index (χ2n) is 7.67. The maximum Gasteiger partial charge on any atom is 0.295 e. The molecule has 170 valence electrons. The fourth-order valence-electron chi connectivity index (χ4n) is 3.80. The summed E-state index contributed by atoms with van der Waals surface area (Å²) in [5, 5.41) is 11.6. The lowest BCUT2D eigenvalue weighted by atomic mass is 9.94. The number of anilines is 1. The molecule has 0 aliphatic carbocycles. The maximum absolute atomic E-state index is 13.1. The molecule has 0 radical (unpaired) electrons. The monoisotopic (exact) mass is 458 g/mol. The van der Waals surface area contributed by atoms with Crippen LogP contribution >= 0.6 is 11.6 Å². The molecule has 1 amide bonds. The second-order valence-corrected chi connectivity index (χ2v) is 8.11. The van der Waals surface area contributed by atoms with E-state index in [0.29, 0.717) is 30.3 Å². The molecule has 8 heteroatoms. The van der Waals surface area contributed by atoms with Crippen LogP contribution in [0, 0.1) is 0 Å². The Bertz CT molecular complexity index is 1030. The summed E-state index contributed by atoms with van der Waals surface area (Å²) in [5.41, 5.74) is 1.95. The molecule has 32 heavy (non-hydrogen) atoms. The number of carbonyl (C=O) groups is 2. The highest BCUT2D eigenvalue weighted by Crippen LogP contribution is 2.41. The van der Waals surface area contributed by atoms with Crippen molar-refractivity contribution < 1.29 is 24.2 Å². The normalized spacial score (nSPS) is 17.7. The Balaban J connectivity index is 2.17. The van der Waals surface area contributed by atoms with Gasteiger partial charge in [0.2, 0.25) is 0 Å². The molecular weight excluding hydrogens is 432 g/mol. The summed E-state index contributed by atoms with van der Waals surface area (Å²) in [6.45, 7) is 0.749. The minimum absolute atomic E-state index is 0.00517. The van der Waals surface area contributed by atoms with E-state index in [9.17, 15) is 14.7 Å². The fraction of sp³-hybridized carbons (Fsp3) is 0.333. The van der Waals surface area contributed by atoms with Crippen LogP contribution < -0.4 is 9.64 Å².